The standard InChI is InChI=1S/C19H18N2O4/c1-20-17-8-3-12(10-18(17)21(23)24)9-14-5-4-13-11-15(25-2)6-7-16(13)19(14)22/h3,6-11,20H,4-5H2,1-2H3. The van der Waals surface area contributed by atoms with Gasteiger partial charge in [-0.05, 0) is 54.3 Å². The quantitative estimate of drug-likeness (QED) is 0.520. The molecule has 0 saturated heterocycles. The molecule has 0 atom stereocenters. The van der Waals surface area contributed by atoms with E-state index >= 15 is 0 Å². The Morgan fingerprint density at radius 3 is 2.68 bits per heavy atom. The normalized spacial score (nSPS) is 15.0. The summed E-state index contributed by atoms with van der Waals surface area (Å²) in [4.78, 5) is 23.5. The molecule has 0 aliphatic heterocycles. The molecule has 0 fully saturated rings. The molecule has 1 aliphatic rings. The predicted molar refractivity (Wildman–Crippen MR) is 96.3 cm³/mol. The number of allylic oxidation sites excluding steroid dienone is 1. The number of nitrogens with one attached hydrogen (secondary N) is 1. The predicted octanol–water partition coefficient (Wildman–Crippen LogP) is 3.86. The molecule has 3 rings (SSSR count). The van der Waals surface area contributed by atoms with Gasteiger partial charge in [-0.2, -0.15) is 0 Å². The number of aryl methyl sites for hydroxylation is 1. The van der Waals surface area contributed by atoms with Gasteiger partial charge in [0, 0.05) is 24.3 Å². The van der Waals surface area contributed by atoms with Crippen LogP contribution in [0, 0.1) is 10.1 Å². The third kappa shape index (κ3) is 3.24. The second-order valence-electron chi connectivity index (χ2n) is 5.81. The summed E-state index contributed by atoms with van der Waals surface area (Å²) in [5.74, 6) is 0.696. The highest BCUT2D eigenvalue weighted by Crippen LogP contribution is 2.31. The zero-order valence-electron chi connectivity index (χ0n) is 14.0. The van der Waals surface area contributed by atoms with E-state index in [1.807, 2.05) is 6.07 Å². The van der Waals surface area contributed by atoms with E-state index in [1.165, 1.54) is 6.07 Å². The monoisotopic (exact) mass is 338 g/mol. The molecule has 0 bridgehead atoms. The van der Waals surface area contributed by atoms with Crippen molar-refractivity contribution in [2.75, 3.05) is 19.5 Å². The van der Waals surface area contributed by atoms with E-state index in [2.05, 4.69) is 5.32 Å². The molecule has 0 aromatic heterocycles. The Hall–Kier alpha value is -3.15. The summed E-state index contributed by atoms with van der Waals surface area (Å²) < 4.78 is 5.20. The number of hydrogen-bond acceptors (Lipinski definition) is 5. The van der Waals surface area contributed by atoms with Crippen molar-refractivity contribution in [3.63, 3.8) is 0 Å². The van der Waals surface area contributed by atoms with Gasteiger partial charge >= 0.3 is 0 Å². The van der Waals surface area contributed by atoms with Gasteiger partial charge in [0.25, 0.3) is 5.69 Å². The van der Waals surface area contributed by atoms with Crippen molar-refractivity contribution >= 4 is 23.2 Å². The zero-order chi connectivity index (χ0) is 18.0. The first-order valence-electron chi connectivity index (χ1n) is 7.92. The minimum Gasteiger partial charge on any atom is -0.497 e. The van der Waals surface area contributed by atoms with Crippen molar-refractivity contribution in [1.82, 2.24) is 0 Å². The van der Waals surface area contributed by atoms with Crippen LogP contribution in [0.1, 0.15) is 27.9 Å². The molecule has 2 aromatic rings. The molecule has 2 aromatic carbocycles. The van der Waals surface area contributed by atoms with Crippen molar-refractivity contribution in [3.05, 3.63) is 68.8 Å². The fraction of sp³-hybridized carbons (Fsp3) is 0.211. The molecule has 6 heteroatoms. The first-order valence-corrected chi connectivity index (χ1v) is 7.92. The zero-order valence-corrected chi connectivity index (χ0v) is 14.0. The first-order chi connectivity index (χ1) is 12.0. The van der Waals surface area contributed by atoms with E-state index < -0.39 is 4.92 Å². The van der Waals surface area contributed by atoms with Crippen molar-refractivity contribution in [1.29, 1.82) is 0 Å². The van der Waals surface area contributed by atoms with Crippen LogP contribution in [0.5, 0.6) is 5.75 Å². The number of ketones is 1. The summed E-state index contributed by atoms with van der Waals surface area (Å²) in [6.45, 7) is 0. The molecule has 128 valence electrons. The number of benzene rings is 2. The van der Waals surface area contributed by atoms with Crippen LogP contribution >= 0.6 is 0 Å². The van der Waals surface area contributed by atoms with Gasteiger partial charge in [-0.15, -0.1) is 0 Å². The second kappa shape index (κ2) is 6.76. The van der Waals surface area contributed by atoms with Crippen molar-refractivity contribution < 1.29 is 14.5 Å². The lowest BCUT2D eigenvalue weighted by Crippen LogP contribution is -2.14. The number of nitro benzene ring substituents is 1. The van der Waals surface area contributed by atoms with Crippen LogP contribution in [0.25, 0.3) is 6.08 Å². The summed E-state index contributed by atoms with van der Waals surface area (Å²) in [5.41, 5.74) is 3.37. The SMILES string of the molecule is CNc1ccc(C=C2CCc3cc(OC)ccc3C2=O)cc1[N+](=O)[O-]. The lowest BCUT2D eigenvalue weighted by atomic mass is 9.86. The number of carbonyl (C=O) groups excluding carboxylic acids is 1. The summed E-state index contributed by atoms with van der Waals surface area (Å²) >= 11 is 0. The molecule has 25 heavy (non-hydrogen) atoms. The van der Waals surface area contributed by atoms with Gasteiger partial charge in [0.15, 0.2) is 5.78 Å². The number of Topliss-reactive ketones (excluding diaryl/α,β-unsaturated/α-hetero) is 1. The van der Waals surface area contributed by atoms with E-state index in [-0.39, 0.29) is 11.5 Å². The van der Waals surface area contributed by atoms with Gasteiger partial charge < -0.3 is 10.1 Å². The minimum absolute atomic E-state index is 0.00903. The maximum Gasteiger partial charge on any atom is 0.292 e. The maximum atomic E-state index is 12.7. The summed E-state index contributed by atoms with van der Waals surface area (Å²) in [7, 11) is 3.23. The van der Waals surface area contributed by atoms with Crippen molar-refractivity contribution in [2.45, 2.75) is 12.8 Å². The number of nitro groups is 1. The van der Waals surface area contributed by atoms with Crippen LogP contribution in [0.2, 0.25) is 0 Å². The molecular weight excluding hydrogens is 320 g/mol. The van der Waals surface area contributed by atoms with Crippen LogP contribution < -0.4 is 10.1 Å². The molecule has 0 amide bonds. The number of anilines is 1. The lowest BCUT2D eigenvalue weighted by Gasteiger charge is -2.18. The number of carbonyl (C=O) groups is 1. The number of rotatable bonds is 4. The Balaban J connectivity index is 1.96. The summed E-state index contributed by atoms with van der Waals surface area (Å²) in [6, 6.07) is 10.3. The Bertz CT molecular complexity index is 887. The Kier molecular flexibility index (Phi) is 4.52. The highest BCUT2D eigenvalue weighted by Gasteiger charge is 2.22. The Morgan fingerprint density at radius 1 is 1.20 bits per heavy atom. The Labute approximate surface area is 145 Å². The van der Waals surface area contributed by atoms with Gasteiger partial charge in [-0.3, -0.25) is 14.9 Å². The van der Waals surface area contributed by atoms with Gasteiger partial charge in [0.1, 0.15) is 11.4 Å². The van der Waals surface area contributed by atoms with Crippen LogP contribution in [0.15, 0.2) is 42.0 Å². The van der Waals surface area contributed by atoms with Gasteiger partial charge in [0.2, 0.25) is 0 Å². The van der Waals surface area contributed by atoms with Crippen LogP contribution in [0.4, 0.5) is 11.4 Å². The third-order valence-electron chi connectivity index (χ3n) is 4.34. The van der Waals surface area contributed by atoms with E-state index in [4.69, 9.17) is 4.74 Å². The fourth-order valence-electron chi connectivity index (χ4n) is 3.02. The van der Waals surface area contributed by atoms with Crippen molar-refractivity contribution in [3.8, 4) is 5.75 Å². The van der Waals surface area contributed by atoms with E-state index in [9.17, 15) is 14.9 Å². The third-order valence-corrected chi connectivity index (χ3v) is 4.34. The number of methoxy groups -OCH3 is 1. The van der Waals surface area contributed by atoms with E-state index in [0.717, 1.165) is 17.7 Å². The maximum absolute atomic E-state index is 12.7. The fourth-order valence-corrected chi connectivity index (χ4v) is 3.02. The molecular formula is C19H18N2O4. The number of ether oxygens (including phenoxy) is 1. The van der Waals surface area contributed by atoms with Gasteiger partial charge in [0.05, 0.1) is 12.0 Å². The molecule has 6 nitrogen and oxygen atoms in total. The molecule has 1 aliphatic carbocycles. The number of fused-ring (bicyclic) bond motifs is 1. The number of hydrogen-bond donors (Lipinski definition) is 1. The molecule has 0 saturated carbocycles. The highest BCUT2D eigenvalue weighted by molar-refractivity contribution is 6.13. The van der Waals surface area contributed by atoms with Gasteiger partial charge in [-0.1, -0.05) is 6.07 Å². The average molecular weight is 338 g/mol. The van der Waals surface area contributed by atoms with Crippen LogP contribution in [0.3, 0.4) is 0 Å². The molecule has 0 spiro atoms. The van der Waals surface area contributed by atoms with Crippen LogP contribution in [-0.2, 0) is 6.42 Å². The summed E-state index contributed by atoms with van der Waals surface area (Å²) in [5, 5.41) is 14.0. The smallest absolute Gasteiger partial charge is 0.292 e. The number of nitrogens with zero attached hydrogens (tertiary/aromatic N) is 1. The average Bonchev–Trinajstić information content (AvgIpc) is 2.63. The molecule has 0 radical (unpaired) electrons. The second-order valence-corrected chi connectivity index (χ2v) is 5.81. The molecule has 0 unspecified atom stereocenters. The lowest BCUT2D eigenvalue weighted by molar-refractivity contribution is -0.383. The molecule has 0 heterocycles. The van der Waals surface area contributed by atoms with Crippen molar-refractivity contribution in [2.24, 2.45) is 0 Å². The Morgan fingerprint density at radius 2 is 2.00 bits per heavy atom. The largest absolute Gasteiger partial charge is 0.497 e. The van der Waals surface area contributed by atoms with E-state index in [0.29, 0.717) is 28.8 Å². The first kappa shape index (κ1) is 16.7. The topological polar surface area (TPSA) is 81.5 Å². The summed E-state index contributed by atoms with van der Waals surface area (Å²) in [6.07, 6.45) is 3.07. The molecule has 1 N–H and O–H groups in total. The minimum atomic E-state index is -0.432. The highest BCUT2D eigenvalue weighted by atomic mass is 16.6. The van der Waals surface area contributed by atoms with E-state index in [1.54, 1.807) is 44.5 Å². The van der Waals surface area contributed by atoms with Crippen LogP contribution in [-0.4, -0.2) is 24.9 Å². The van der Waals surface area contributed by atoms with Gasteiger partial charge in [-0.25, -0.2) is 0 Å².